The summed E-state index contributed by atoms with van der Waals surface area (Å²) in [6, 6.07) is 0. The van der Waals surface area contributed by atoms with Crippen molar-refractivity contribution < 1.29 is 24.5 Å². The Balaban J connectivity index is 2.18. The molecule has 10 heteroatoms. The zero-order chi connectivity index (χ0) is 15.4. The summed E-state index contributed by atoms with van der Waals surface area (Å²) in [5.41, 5.74) is 6.08. The number of fused-ring (bicyclic) bond motifs is 1. The van der Waals surface area contributed by atoms with Gasteiger partial charge in [-0.3, -0.25) is 9.36 Å². The van der Waals surface area contributed by atoms with Crippen LogP contribution in [0.1, 0.15) is 19.1 Å². The number of aliphatic carboxylic acids is 2. The molecule has 0 bridgehead atoms. The maximum Gasteiger partial charge on any atom is 0.354 e. The Morgan fingerprint density at radius 2 is 2.14 bits per heavy atom. The Morgan fingerprint density at radius 1 is 1.38 bits per heavy atom. The molecule has 0 aliphatic rings. The lowest BCUT2D eigenvalue weighted by molar-refractivity contribution is -0.157. The van der Waals surface area contributed by atoms with Crippen molar-refractivity contribution in [3.8, 4) is 0 Å². The quantitative estimate of drug-likeness (QED) is 0.592. The largest absolute Gasteiger partial charge is 0.481 e. The minimum absolute atomic E-state index is 0.0146. The highest BCUT2D eigenvalue weighted by Crippen LogP contribution is 2.17. The van der Waals surface area contributed by atoms with Crippen LogP contribution in [-0.4, -0.2) is 48.3 Å². The van der Waals surface area contributed by atoms with E-state index in [0.29, 0.717) is 5.52 Å². The van der Waals surface area contributed by atoms with Gasteiger partial charge in [0.15, 0.2) is 5.65 Å². The second-order valence-electron chi connectivity index (χ2n) is 4.15. The molecule has 0 aliphatic carbocycles. The second kappa shape index (κ2) is 6.13. The van der Waals surface area contributed by atoms with Gasteiger partial charge >= 0.3 is 11.9 Å². The third-order valence-corrected chi connectivity index (χ3v) is 2.61. The standard InChI is InChI=1S/C11H13N5O5/c12-11-13-4-6-8(15-11)16(5-14-6)9(10(19)20)21-3-1-2-7(17)18/h4-5,9H,1-3H2,(H,17,18)(H,19,20)(H2,12,13,15). The van der Waals surface area contributed by atoms with Gasteiger partial charge in [0.1, 0.15) is 5.52 Å². The summed E-state index contributed by atoms with van der Waals surface area (Å²) in [7, 11) is 0. The topological polar surface area (TPSA) is 153 Å². The van der Waals surface area contributed by atoms with Crippen LogP contribution in [0.2, 0.25) is 0 Å². The number of carbonyl (C=O) groups is 2. The molecule has 0 fully saturated rings. The molecule has 2 aromatic heterocycles. The van der Waals surface area contributed by atoms with Crippen LogP contribution >= 0.6 is 0 Å². The van der Waals surface area contributed by atoms with Crippen LogP contribution in [0.25, 0.3) is 11.2 Å². The fourth-order valence-electron chi connectivity index (χ4n) is 1.70. The van der Waals surface area contributed by atoms with Gasteiger partial charge in [-0.1, -0.05) is 0 Å². The van der Waals surface area contributed by atoms with Crippen LogP contribution in [0, 0.1) is 0 Å². The molecule has 2 aromatic rings. The van der Waals surface area contributed by atoms with Crippen molar-refractivity contribution in [2.75, 3.05) is 12.3 Å². The average molecular weight is 295 g/mol. The van der Waals surface area contributed by atoms with E-state index in [1.165, 1.54) is 17.1 Å². The Kier molecular flexibility index (Phi) is 4.28. The third-order valence-electron chi connectivity index (χ3n) is 2.61. The second-order valence-corrected chi connectivity index (χ2v) is 4.15. The van der Waals surface area contributed by atoms with Crippen molar-refractivity contribution in [2.45, 2.75) is 19.1 Å². The van der Waals surface area contributed by atoms with Gasteiger partial charge in [-0.25, -0.2) is 14.8 Å². The SMILES string of the molecule is Nc1ncc2ncn(C(OCCCC(=O)O)C(=O)O)c2n1. The predicted molar refractivity (Wildman–Crippen MR) is 69.2 cm³/mol. The first kappa shape index (κ1) is 14.7. The maximum atomic E-state index is 11.3. The van der Waals surface area contributed by atoms with Crippen LogP contribution in [0.5, 0.6) is 0 Å². The van der Waals surface area contributed by atoms with Crippen molar-refractivity contribution in [1.82, 2.24) is 19.5 Å². The number of nitrogens with zero attached hydrogens (tertiary/aromatic N) is 4. The Morgan fingerprint density at radius 3 is 2.81 bits per heavy atom. The summed E-state index contributed by atoms with van der Waals surface area (Å²) in [4.78, 5) is 33.3. The summed E-state index contributed by atoms with van der Waals surface area (Å²) >= 11 is 0. The minimum Gasteiger partial charge on any atom is -0.481 e. The van der Waals surface area contributed by atoms with E-state index in [0.717, 1.165) is 0 Å². The lowest BCUT2D eigenvalue weighted by Gasteiger charge is -2.15. The summed E-state index contributed by atoms with van der Waals surface area (Å²) in [6.07, 6.45) is 1.36. The van der Waals surface area contributed by atoms with Crippen molar-refractivity contribution >= 4 is 29.1 Å². The van der Waals surface area contributed by atoms with Crippen LogP contribution in [0.3, 0.4) is 0 Å². The number of carboxylic acids is 2. The summed E-state index contributed by atoms with van der Waals surface area (Å²) < 4.78 is 6.41. The molecule has 112 valence electrons. The van der Waals surface area contributed by atoms with E-state index in [4.69, 9.17) is 15.6 Å². The van der Waals surface area contributed by atoms with E-state index >= 15 is 0 Å². The highest BCUT2D eigenvalue weighted by atomic mass is 16.5. The van der Waals surface area contributed by atoms with E-state index in [1.807, 2.05) is 0 Å². The number of nitrogen functional groups attached to an aromatic ring is 1. The van der Waals surface area contributed by atoms with Gasteiger partial charge in [0, 0.05) is 6.42 Å². The fourth-order valence-corrected chi connectivity index (χ4v) is 1.70. The van der Waals surface area contributed by atoms with Crippen LogP contribution in [0.15, 0.2) is 12.5 Å². The zero-order valence-electron chi connectivity index (χ0n) is 10.8. The normalized spacial score (nSPS) is 12.4. The van der Waals surface area contributed by atoms with Crippen LogP contribution in [-0.2, 0) is 14.3 Å². The molecule has 1 unspecified atom stereocenters. The molecule has 0 radical (unpaired) electrons. The van der Waals surface area contributed by atoms with Gasteiger partial charge < -0.3 is 20.7 Å². The predicted octanol–water partition coefficient (Wildman–Crippen LogP) is -0.127. The number of nitrogens with two attached hydrogens (primary N) is 1. The van der Waals surface area contributed by atoms with Crippen molar-refractivity contribution in [2.24, 2.45) is 0 Å². The van der Waals surface area contributed by atoms with Gasteiger partial charge in [0.2, 0.25) is 12.2 Å². The Bertz CT molecular complexity index is 670. The van der Waals surface area contributed by atoms with Crippen molar-refractivity contribution in [1.29, 1.82) is 0 Å². The van der Waals surface area contributed by atoms with Crippen molar-refractivity contribution in [3.63, 3.8) is 0 Å². The first-order valence-corrected chi connectivity index (χ1v) is 6.00. The number of aromatic nitrogens is 4. The van der Waals surface area contributed by atoms with Gasteiger partial charge in [0.05, 0.1) is 19.1 Å². The smallest absolute Gasteiger partial charge is 0.354 e. The van der Waals surface area contributed by atoms with Gasteiger partial charge in [-0.15, -0.1) is 0 Å². The number of hydrogen-bond acceptors (Lipinski definition) is 7. The number of rotatable bonds is 7. The Hall–Kier alpha value is -2.75. The molecule has 0 amide bonds. The van der Waals surface area contributed by atoms with Crippen LogP contribution in [0.4, 0.5) is 5.95 Å². The fraction of sp³-hybridized carbons (Fsp3) is 0.364. The first-order valence-electron chi connectivity index (χ1n) is 6.00. The first-order chi connectivity index (χ1) is 9.99. The molecule has 1 atom stereocenters. The van der Waals surface area contributed by atoms with E-state index in [2.05, 4.69) is 15.0 Å². The number of anilines is 1. The number of hydrogen-bond donors (Lipinski definition) is 3. The van der Waals surface area contributed by atoms with E-state index in [9.17, 15) is 14.7 Å². The summed E-state index contributed by atoms with van der Waals surface area (Å²) in [6.45, 7) is -0.0243. The lowest BCUT2D eigenvalue weighted by Crippen LogP contribution is -2.22. The van der Waals surface area contributed by atoms with Gasteiger partial charge in [0.25, 0.3) is 0 Å². The van der Waals surface area contributed by atoms with E-state index in [-0.39, 0.29) is 31.0 Å². The van der Waals surface area contributed by atoms with Gasteiger partial charge in [-0.2, -0.15) is 4.98 Å². The molecule has 10 nitrogen and oxygen atoms in total. The molecule has 2 rings (SSSR count). The molecule has 0 saturated heterocycles. The lowest BCUT2D eigenvalue weighted by atomic mass is 10.3. The van der Waals surface area contributed by atoms with Crippen molar-refractivity contribution in [3.05, 3.63) is 12.5 Å². The molecular formula is C11H13N5O5. The maximum absolute atomic E-state index is 11.3. The number of ether oxygens (including phenoxy) is 1. The van der Waals surface area contributed by atoms with E-state index < -0.39 is 18.2 Å². The molecule has 0 aromatic carbocycles. The van der Waals surface area contributed by atoms with Crippen LogP contribution < -0.4 is 5.73 Å². The monoisotopic (exact) mass is 295 g/mol. The molecule has 0 saturated carbocycles. The summed E-state index contributed by atoms with van der Waals surface area (Å²) in [5.74, 6) is -2.24. The highest BCUT2D eigenvalue weighted by molar-refractivity contribution is 5.76. The number of imidazole rings is 1. The van der Waals surface area contributed by atoms with E-state index in [1.54, 1.807) is 0 Å². The number of carboxylic acid groups (broad SMARTS) is 2. The highest BCUT2D eigenvalue weighted by Gasteiger charge is 2.23. The minimum atomic E-state index is -1.36. The Labute approximate surface area is 118 Å². The molecule has 21 heavy (non-hydrogen) atoms. The molecular weight excluding hydrogens is 282 g/mol. The molecule has 4 N–H and O–H groups in total. The molecule has 0 aliphatic heterocycles. The molecule has 2 heterocycles. The zero-order valence-corrected chi connectivity index (χ0v) is 10.8. The van der Waals surface area contributed by atoms with Gasteiger partial charge in [-0.05, 0) is 6.42 Å². The summed E-state index contributed by atoms with van der Waals surface area (Å²) in [5, 5.41) is 17.7. The molecule has 0 spiro atoms. The average Bonchev–Trinajstić information content (AvgIpc) is 2.81. The third kappa shape index (κ3) is 3.42.